The molecule has 2 nitrogen and oxygen atoms in total. The van der Waals surface area contributed by atoms with Crippen LogP contribution in [0.5, 0.6) is 0 Å². The van der Waals surface area contributed by atoms with Crippen molar-refractivity contribution in [3.63, 3.8) is 0 Å². The summed E-state index contributed by atoms with van der Waals surface area (Å²) in [6.07, 6.45) is 0.880. The number of hydrogen-bond acceptors (Lipinski definition) is 2. The molecule has 2 heteroatoms. The fourth-order valence-corrected chi connectivity index (χ4v) is 1.54. The molecule has 1 fully saturated rings. The number of hydrogen-bond donors (Lipinski definition) is 1. The quantitative estimate of drug-likeness (QED) is 0.625. The highest BCUT2D eigenvalue weighted by molar-refractivity contribution is 4.81. The van der Waals surface area contributed by atoms with Gasteiger partial charge in [0.2, 0.25) is 0 Å². The molecule has 1 aliphatic rings. The van der Waals surface area contributed by atoms with Gasteiger partial charge in [-0.2, -0.15) is 0 Å². The van der Waals surface area contributed by atoms with Gasteiger partial charge in [0.15, 0.2) is 0 Å². The molecule has 0 saturated carbocycles. The molecular formula is C9H18O2. The first-order chi connectivity index (χ1) is 5.01. The highest BCUT2D eigenvalue weighted by atomic mass is 16.5. The van der Waals surface area contributed by atoms with Crippen molar-refractivity contribution in [3.05, 3.63) is 0 Å². The molecule has 0 radical (unpaired) electrons. The lowest BCUT2D eigenvalue weighted by Gasteiger charge is -2.35. The summed E-state index contributed by atoms with van der Waals surface area (Å²) in [6, 6.07) is 0. The molecule has 1 N–H and O–H groups in total. The highest BCUT2D eigenvalue weighted by Gasteiger charge is 2.31. The minimum Gasteiger partial charge on any atom is -0.388 e. The first-order valence-corrected chi connectivity index (χ1v) is 4.31. The summed E-state index contributed by atoms with van der Waals surface area (Å²) < 4.78 is 5.31. The van der Waals surface area contributed by atoms with Crippen LogP contribution >= 0.6 is 0 Å². The predicted octanol–water partition coefficient (Wildman–Crippen LogP) is 1.43. The van der Waals surface area contributed by atoms with Gasteiger partial charge in [0, 0.05) is 6.61 Å². The van der Waals surface area contributed by atoms with Crippen LogP contribution in [0.25, 0.3) is 0 Å². The van der Waals surface area contributed by atoms with Crippen molar-refractivity contribution in [2.24, 2.45) is 11.8 Å². The van der Waals surface area contributed by atoms with Crippen LogP contribution in [-0.4, -0.2) is 23.9 Å². The van der Waals surface area contributed by atoms with Crippen LogP contribution in [0.1, 0.15) is 27.2 Å². The van der Waals surface area contributed by atoms with Gasteiger partial charge in [-0.15, -0.1) is 0 Å². The van der Waals surface area contributed by atoms with Crippen molar-refractivity contribution in [3.8, 4) is 0 Å². The molecule has 0 aromatic rings. The summed E-state index contributed by atoms with van der Waals surface area (Å²) in [4.78, 5) is 0. The molecule has 1 aliphatic heterocycles. The average Bonchev–Trinajstić information content (AvgIpc) is 1.85. The summed E-state index contributed by atoms with van der Waals surface area (Å²) in [5.74, 6) is 1.14. The van der Waals surface area contributed by atoms with Gasteiger partial charge in [-0.1, -0.05) is 13.8 Å². The van der Waals surface area contributed by atoms with E-state index in [-0.39, 0.29) is 0 Å². The number of ether oxygens (including phenoxy) is 1. The predicted molar refractivity (Wildman–Crippen MR) is 44.4 cm³/mol. The lowest BCUT2D eigenvalue weighted by molar-refractivity contribution is -0.106. The van der Waals surface area contributed by atoms with E-state index in [4.69, 9.17) is 4.74 Å². The summed E-state index contributed by atoms with van der Waals surface area (Å²) in [5.41, 5.74) is -0.590. The smallest absolute Gasteiger partial charge is 0.0855 e. The normalized spacial score (nSPS) is 39.5. The van der Waals surface area contributed by atoms with E-state index in [9.17, 15) is 5.11 Å². The van der Waals surface area contributed by atoms with E-state index in [0.29, 0.717) is 18.4 Å². The fourth-order valence-electron chi connectivity index (χ4n) is 1.54. The Bertz CT molecular complexity index is 130. The van der Waals surface area contributed by atoms with Gasteiger partial charge in [0.1, 0.15) is 0 Å². The van der Waals surface area contributed by atoms with Gasteiger partial charge in [-0.25, -0.2) is 0 Å². The second-order valence-electron chi connectivity index (χ2n) is 4.22. The van der Waals surface area contributed by atoms with Crippen LogP contribution in [0.15, 0.2) is 0 Å². The van der Waals surface area contributed by atoms with Crippen LogP contribution in [0.3, 0.4) is 0 Å². The second kappa shape index (κ2) is 3.11. The Kier molecular flexibility index (Phi) is 2.55. The minimum absolute atomic E-state index is 0.496. The molecule has 0 aromatic heterocycles. The van der Waals surface area contributed by atoms with Crippen molar-refractivity contribution >= 4 is 0 Å². The van der Waals surface area contributed by atoms with Crippen molar-refractivity contribution < 1.29 is 9.84 Å². The van der Waals surface area contributed by atoms with Crippen LogP contribution in [0, 0.1) is 11.8 Å². The monoisotopic (exact) mass is 158 g/mol. The summed E-state index contributed by atoms with van der Waals surface area (Å²) in [6.45, 7) is 7.51. The third-order valence-electron chi connectivity index (χ3n) is 2.39. The summed E-state index contributed by atoms with van der Waals surface area (Å²) >= 11 is 0. The Balaban J connectivity index is 2.46. The molecule has 1 heterocycles. The molecule has 1 saturated heterocycles. The van der Waals surface area contributed by atoms with Gasteiger partial charge >= 0.3 is 0 Å². The molecule has 0 aromatic carbocycles. The van der Waals surface area contributed by atoms with Gasteiger partial charge in [0.25, 0.3) is 0 Å². The second-order valence-corrected chi connectivity index (χ2v) is 4.22. The number of rotatable bonds is 1. The van der Waals surface area contributed by atoms with Crippen LogP contribution < -0.4 is 0 Å². The van der Waals surface area contributed by atoms with E-state index in [2.05, 4.69) is 13.8 Å². The Morgan fingerprint density at radius 2 is 2.18 bits per heavy atom. The van der Waals surface area contributed by atoms with Gasteiger partial charge < -0.3 is 9.84 Å². The van der Waals surface area contributed by atoms with Crippen molar-refractivity contribution in [1.82, 2.24) is 0 Å². The van der Waals surface area contributed by atoms with E-state index in [1.54, 1.807) is 0 Å². The van der Waals surface area contributed by atoms with E-state index >= 15 is 0 Å². The molecule has 0 amide bonds. The molecule has 1 rings (SSSR count). The maximum Gasteiger partial charge on any atom is 0.0855 e. The zero-order chi connectivity index (χ0) is 8.48. The summed E-state index contributed by atoms with van der Waals surface area (Å²) in [5, 5.41) is 9.67. The average molecular weight is 158 g/mol. The molecular weight excluding hydrogens is 140 g/mol. The first kappa shape index (κ1) is 9.01. The van der Waals surface area contributed by atoms with Gasteiger partial charge in [-0.3, -0.25) is 0 Å². The molecule has 0 spiro atoms. The number of aliphatic hydroxyl groups is 1. The Morgan fingerprint density at radius 3 is 2.55 bits per heavy atom. The molecule has 2 unspecified atom stereocenters. The van der Waals surface area contributed by atoms with Gasteiger partial charge in [-0.05, 0) is 25.2 Å². The largest absolute Gasteiger partial charge is 0.388 e. The van der Waals surface area contributed by atoms with Crippen LogP contribution in [0.2, 0.25) is 0 Å². The third kappa shape index (κ3) is 2.46. The van der Waals surface area contributed by atoms with Crippen molar-refractivity contribution in [2.75, 3.05) is 13.2 Å². The van der Waals surface area contributed by atoms with Gasteiger partial charge in [0.05, 0.1) is 12.2 Å². The Hall–Kier alpha value is -0.0800. The topological polar surface area (TPSA) is 29.5 Å². The summed E-state index contributed by atoms with van der Waals surface area (Å²) in [7, 11) is 0. The van der Waals surface area contributed by atoms with Crippen molar-refractivity contribution in [1.29, 1.82) is 0 Å². The van der Waals surface area contributed by atoms with Crippen LogP contribution in [-0.2, 0) is 4.74 Å². The van der Waals surface area contributed by atoms with E-state index in [0.717, 1.165) is 13.0 Å². The fraction of sp³-hybridized carbons (Fsp3) is 1.00. The van der Waals surface area contributed by atoms with Crippen LogP contribution in [0.4, 0.5) is 0 Å². The highest BCUT2D eigenvalue weighted by Crippen LogP contribution is 2.27. The maximum absolute atomic E-state index is 9.67. The standard InChI is InChI=1S/C9H18O2/c1-7(2)8-4-9(3,10)6-11-5-8/h7-8,10H,4-6H2,1-3H3. The lowest BCUT2D eigenvalue weighted by Crippen LogP contribution is -2.41. The molecule has 2 atom stereocenters. The lowest BCUT2D eigenvalue weighted by atomic mass is 9.84. The molecule has 0 aliphatic carbocycles. The zero-order valence-electron chi connectivity index (χ0n) is 7.63. The maximum atomic E-state index is 9.67. The minimum atomic E-state index is -0.590. The van der Waals surface area contributed by atoms with E-state index in [1.165, 1.54) is 0 Å². The zero-order valence-corrected chi connectivity index (χ0v) is 7.63. The Labute approximate surface area is 68.6 Å². The third-order valence-corrected chi connectivity index (χ3v) is 2.39. The molecule has 66 valence electrons. The first-order valence-electron chi connectivity index (χ1n) is 4.31. The van der Waals surface area contributed by atoms with Crippen molar-refractivity contribution in [2.45, 2.75) is 32.8 Å². The molecule has 11 heavy (non-hydrogen) atoms. The van der Waals surface area contributed by atoms with E-state index in [1.807, 2.05) is 6.92 Å². The van der Waals surface area contributed by atoms with E-state index < -0.39 is 5.60 Å². The Morgan fingerprint density at radius 1 is 1.55 bits per heavy atom. The molecule has 0 bridgehead atoms. The SMILES string of the molecule is CC(C)C1COCC(C)(O)C1.